The first-order chi connectivity index (χ1) is 13.1. The average Bonchev–Trinajstić information content (AvgIpc) is 3.04. The van der Waals surface area contributed by atoms with E-state index in [1.807, 2.05) is 0 Å². The Morgan fingerprint density at radius 3 is 2.07 bits per heavy atom. The van der Waals surface area contributed by atoms with Crippen molar-refractivity contribution in [3.05, 3.63) is 42.1 Å². The van der Waals surface area contributed by atoms with Crippen LogP contribution in [0, 0.1) is 6.92 Å². The van der Waals surface area contributed by atoms with E-state index in [9.17, 15) is 0 Å². The number of unbranched alkanes of at least 4 members (excludes halogenated alkanes) is 3. The maximum absolute atomic E-state index is 4.99. The summed E-state index contributed by atoms with van der Waals surface area (Å²) in [6, 6.07) is 11.7. The summed E-state index contributed by atoms with van der Waals surface area (Å²) in [5.41, 5.74) is 4.82. The fraction of sp³-hybridized carbons (Fsp3) is 0.542. The number of aryl methyl sites for hydroxylation is 1. The Hall–Kier alpha value is -1.03. The van der Waals surface area contributed by atoms with Crippen LogP contribution in [0.25, 0.3) is 16.7 Å². The molecule has 0 unspecified atom stereocenters. The van der Waals surface area contributed by atoms with Gasteiger partial charge in [0.25, 0.3) is 0 Å². The molecular formula is C24H36N2Sn. The molecule has 0 N–H and O–H groups in total. The number of rotatable bonds is 10. The van der Waals surface area contributed by atoms with Crippen LogP contribution < -0.4 is 3.58 Å². The van der Waals surface area contributed by atoms with Crippen molar-refractivity contribution in [2.45, 2.75) is 79.5 Å². The fourth-order valence-corrected chi connectivity index (χ4v) is 20.4. The number of aromatic nitrogens is 2. The van der Waals surface area contributed by atoms with Gasteiger partial charge in [-0.15, -0.1) is 0 Å². The van der Waals surface area contributed by atoms with E-state index in [2.05, 4.69) is 68.6 Å². The Kier molecular flexibility index (Phi) is 7.24. The number of hydrogen-bond acceptors (Lipinski definition) is 1. The van der Waals surface area contributed by atoms with Gasteiger partial charge in [0.05, 0.1) is 0 Å². The maximum atomic E-state index is 4.99. The zero-order chi connectivity index (χ0) is 19.3. The first-order valence-corrected chi connectivity index (χ1v) is 18.5. The van der Waals surface area contributed by atoms with Crippen molar-refractivity contribution < 1.29 is 0 Å². The number of pyridine rings is 1. The van der Waals surface area contributed by atoms with Crippen LogP contribution >= 0.6 is 0 Å². The molecule has 2 aromatic heterocycles. The summed E-state index contributed by atoms with van der Waals surface area (Å²) in [6.45, 7) is 9.20. The Bertz CT molecular complexity index is 859. The van der Waals surface area contributed by atoms with Gasteiger partial charge in [-0.3, -0.25) is 0 Å². The second-order valence-electron chi connectivity index (χ2n) is 8.34. The summed E-state index contributed by atoms with van der Waals surface area (Å²) in [6.07, 6.45) is 10.4. The van der Waals surface area contributed by atoms with Crippen LogP contribution in [0.4, 0.5) is 0 Å². The van der Waals surface area contributed by atoms with Crippen molar-refractivity contribution in [2.24, 2.45) is 0 Å². The predicted molar refractivity (Wildman–Crippen MR) is 122 cm³/mol. The van der Waals surface area contributed by atoms with Crippen molar-refractivity contribution >= 4 is 38.6 Å². The zero-order valence-corrected chi connectivity index (χ0v) is 20.6. The molecule has 3 heteroatoms. The summed E-state index contributed by atoms with van der Waals surface area (Å²) in [7, 11) is 0. The summed E-state index contributed by atoms with van der Waals surface area (Å²) in [5.74, 6) is 0. The topological polar surface area (TPSA) is 17.3 Å². The molecule has 0 aliphatic heterocycles. The molecule has 3 rings (SSSR count). The Labute approximate surface area is 169 Å². The van der Waals surface area contributed by atoms with Crippen LogP contribution in [-0.4, -0.2) is 27.8 Å². The van der Waals surface area contributed by atoms with Gasteiger partial charge in [-0.05, 0) is 0 Å². The molecule has 0 radical (unpaired) electrons. The summed E-state index contributed by atoms with van der Waals surface area (Å²) >= 11 is -2.37. The first-order valence-electron chi connectivity index (χ1n) is 11.0. The van der Waals surface area contributed by atoms with Gasteiger partial charge in [0.1, 0.15) is 0 Å². The second kappa shape index (κ2) is 9.45. The van der Waals surface area contributed by atoms with Gasteiger partial charge in [-0.25, -0.2) is 0 Å². The minimum absolute atomic E-state index is 1.08. The molecule has 2 nitrogen and oxygen atoms in total. The van der Waals surface area contributed by atoms with E-state index >= 15 is 0 Å². The molecule has 3 aromatic rings. The van der Waals surface area contributed by atoms with Crippen LogP contribution in [0.15, 0.2) is 36.5 Å². The van der Waals surface area contributed by atoms with Crippen molar-refractivity contribution in [3.63, 3.8) is 0 Å². The van der Waals surface area contributed by atoms with Crippen LogP contribution in [0.3, 0.4) is 0 Å². The fourth-order valence-electron chi connectivity index (χ4n) is 4.50. The second-order valence-corrected chi connectivity index (χ2v) is 21.6. The number of benzene rings is 1. The van der Waals surface area contributed by atoms with Gasteiger partial charge in [0.15, 0.2) is 0 Å². The van der Waals surface area contributed by atoms with Gasteiger partial charge >= 0.3 is 170 Å². The first kappa shape index (κ1) is 20.7. The van der Waals surface area contributed by atoms with Gasteiger partial charge in [0.2, 0.25) is 0 Å². The third-order valence-corrected chi connectivity index (χ3v) is 21.8. The van der Waals surface area contributed by atoms with Gasteiger partial charge in [-0.2, -0.15) is 0 Å². The molecule has 27 heavy (non-hydrogen) atoms. The summed E-state index contributed by atoms with van der Waals surface area (Å²) < 4.78 is 8.52. The summed E-state index contributed by atoms with van der Waals surface area (Å²) in [4.78, 5) is 4.99. The molecule has 1 aromatic carbocycles. The monoisotopic (exact) mass is 472 g/mol. The SMILES string of the molecule is CCC[CH2][Sn]([CH2]CCC)([CH2]CCC)[c]1ccc2c(c1)nc1cc(C)ccn12. The van der Waals surface area contributed by atoms with Gasteiger partial charge in [-0.1, -0.05) is 0 Å². The molecule has 146 valence electrons. The van der Waals surface area contributed by atoms with Crippen molar-refractivity contribution in [2.75, 3.05) is 0 Å². The van der Waals surface area contributed by atoms with Crippen LogP contribution in [0.5, 0.6) is 0 Å². The van der Waals surface area contributed by atoms with E-state index in [0.717, 1.165) is 5.65 Å². The zero-order valence-electron chi connectivity index (χ0n) is 17.7. The third-order valence-electron chi connectivity index (χ3n) is 6.20. The van der Waals surface area contributed by atoms with Crippen LogP contribution in [0.1, 0.15) is 64.9 Å². The molecule has 0 amide bonds. The third kappa shape index (κ3) is 4.52. The molecule has 0 saturated carbocycles. The number of imidazole rings is 1. The van der Waals surface area contributed by atoms with Gasteiger partial charge in [0, 0.05) is 0 Å². The molecular weight excluding hydrogens is 435 g/mol. The molecule has 0 fully saturated rings. The minimum atomic E-state index is -2.37. The van der Waals surface area contributed by atoms with Crippen LogP contribution in [0.2, 0.25) is 13.3 Å². The number of fused-ring (bicyclic) bond motifs is 3. The standard InChI is InChI=1S/C12H9N2.3C4H9.Sn/c1-9-6-7-14-11-5-3-2-4-10(11)13-12(14)8-9;3*1-3-4-2;/h3-8H,1H3;3*1,3-4H2,2H3;. The van der Waals surface area contributed by atoms with Gasteiger partial charge < -0.3 is 0 Å². The van der Waals surface area contributed by atoms with E-state index in [1.54, 1.807) is 3.58 Å². The van der Waals surface area contributed by atoms with E-state index in [4.69, 9.17) is 4.98 Å². The van der Waals surface area contributed by atoms with Crippen molar-refractivity contribution in [3.8, 4) is 0 Å². The molecule has 0 atom stereocenters. The van der Waals surface area contributed by atoms with E-state index in [-0.39, 0.29) is 0 Å². The molecule has 0 saturated heterocycles. The van der Waals surface area contributed by atoms with E-state index in [1.165, 1.54) is 68.4 Å². The van der Waals surface area contributed by atoms with E-state index in [0.29, 0.717) is 0 Å². The number of nitrogens with zero attached hydrogens (tertiary/aromatic N) is 2. The summed E-state index contributed by atoms with van der Waals surface area (Å²) in [5, 5.41) is 0. The quantitative estimate of drug-likeness (QED) is 0.296. The molecule has 0 spiro atoms. The predicted octanol–water partition coefficient (Wildman–Crippen LogP) is 6.85. The van der Waals surface area contributed by atoms with Crippen molar-refractivity contribution in [1.29, 1.82) is 0 Å². The molecule has 0 bridgehead atoms. The normalized spacial score (nSPS) is 12.3. The number of hydrogen-bond donors (Lipinski definition) is 0. The Morgan fingerprint density at radius 2 is 1.48 bits per heavy atom. The molecule has 0 aliphatic carbocycles. The average molecular weight is 471 g/mol. The van der Waals surface area contributed by atoms with Crippen LogP contribution in [-0.2, 0) is 0 Å². The van der Waals surface area contributed by atoms with E-state index < -0.39 is 18.4 Å². The Balaban J connectivity index is 2.08. The Morgan fingerprint density at radius 1 is 0.852 bits per heavy atom. The molecule has 2 heterocycles. The van der Waals surface area contributed by atoms with Crippen molar-refractivity contribution in [1.82, 2.24) is 9.38 Å². The molecule has 0 aliphatic rings.